The highest BCUT2D eigenvalue weighted by Crippen LogP contribution is 2.02. The van der Waals surface area contributed by atoms with Gasteiger partial charge in [-0.25, -0.2) is 4.79 Å². The lowest BCUT2D eigenvalue weighted by Gasteiger charge is -2.10. The summed E-state index contributed by atoms with van der Waals surface area (Å²) in [5.74, 6) is 0.337. The predicted octanol–water partition coefficient (Wildman–Crippen LogP) is 1.74. The highest BCUT2D eigenvalue weighted by molar-refractivity contribution is 5.81. The third kappa shape index (κ3) is 7.80. The van der Waals surface area contributed by atoms with Crippen LogP contribution in [0.5, 0.6) is 0 Å². The number of esters is 1. The van der Waals surface area contributed by atoms with E-state index in [0.717, 1.165) is 6.54 Å². The van der Waals surface area contributed by atoms with Crippen molar-refractivity contribution in [3.05, 3.63) is 12.7 Å². The Hall–Kier alpha value is -0.830. The normalized spacial score (nSPS) is 12.1. The summed E-state index contributed by atoms with van der Waals surface area (Å²) in [6, 6.07) is 0. The molecule has 1 unspecified atom stereocenters. The van der Waals surface area contributed by atoms with Crippen LogP contribution in [-0.4, -0.2) is 25.7 Å². The van der Waals surface area contributed by atoms with E-state index >= 15 is 0 Å². The van der Waals surface area contributed by atoms with Crippen LogP contribution in [0, 0.1) is 5.92 Å². The molecule has 3 nitrogen and oxygen atoms in total. The number of ether oxygens (including phenoxy) is 1. The van der Waals surface area contributed by atoms with Crippen LogP contribution in [0.1, 0.15) is 26.7 Å². The number of nitrogens with one attached hydrogen (secondary N) is 1. The van der Waals surface area contributed by atoms with Crippen LogP contribution < -0.4 is 5.32 Å². The average molecular weight is 199 g/mol. The maximum absolute atomic E-state index is 10.6. The summed E-state index contributed by atoms with van der Waals surface area (Å²) in [5, 5.41) is 3.24. The number of hydrogen-bond acceptors (Lipinski definition) is 3. The van der Waals surface area contributed by atoms with Gasteiger partial charge in [-0.15, -0.1) is 0 Å². The maximum Gasteiger partial charge on any atom is 0.330 e. The van der Waals surface area contributed by atoms with Gasteiger partial charge in [-0.05, 0) is 18.9 Å². The van der Waals surface area contributed by atoms with Gasteiger partial charge in [0, 0.05) is 12.6 Å². The van der Waals surface area contributed by atoms with Gasteiger partial charge in [-0.3, -0.25) is 0 Å². The molecule has 1 N–H and O–H groups in total. The molecule has 0 saturated carbocycles. The van der Waals surface area contributed by atoms with Crippen LogP contribution in [-0.2, 0) is 9.53 Å². The first-order chi connectivity index (χ1) is 6.70. The Labute approximate surface area is 86.5 Å². The van der Waals surface area contributed by atoms with Gasteiger partial charge in [0.15, 0.2) is 0 Å². The van der Waals surface area contributed by atoms with Gasteiger partial charge in [-0.2, -0.15) is 0 Å². The molecule has 0 aromatic rings. The molecule has 0 aliphatic carbocycles. The maximum atomic E-state index is 10.6. The summed E-state index contributed by atoms with van der Waals surface area (Å²) in [7, 11) is 0. The molecule has 0 aliphatic rings. The molecule has 0 bridgehead atoms. The summed E-state index contributed by atoms with van der Waals surface area (Å²) in [6.45, 7) is 9.84. The molecule has 0 spiro atoms. The zero-order valence-corrected chi connectivity index (χ0v) is 9.21. The van der Waals surface area contributed by atoms with E-state index in [4.69, 9.17) is 4.74 Å². The largest absolute Gasteiger partial charge is 0.461 e. The van der Waals surface area contributed by atoms with Crippen LogP contribution >= 0.6 is 0 Å². The fraction of sp³-hybridized carbons (Fsp3) is 0.727. The van der Waals surface area contributed by atoms with Crippen molar-refractivity contribution in [2.24, 2.45) is 5.92 Å². The van der Waals surface area contributed by atoms with Crippen LogP contribution in [0.4, 0.5) is 0 Å². The van der Waals surface area contributed by atoms with Crippen molar-refractivity contribution in [3.63, 3.8) is 0 Å². The van der Waals surface area contributed by atoms with E-state index in [1.807, 2.05) is 0 Å². The summed E-state index contributed by atoms with van der Waals surface area (Å²) in [4.78, 5) is 10.6. The standard InChI is InChI=1S/C11H21NO2/c1-4-6-10(3)9-12-7-8-14-11(13)5-2/h5,10,12H,2,4,6-9H2,1,3H3. The fourth-order valence-corrected chi connectivity index (χ4v) is 1.23. The first kappa shape index (κ1) is 13.2. The minimum absolute atomic E-state index is 0.353. The second-order valence-corrected chi connectivity index (χ2v) is 3.47. The Morgan fingerprint density at radius 2 is 2.36 bits per heavy atom. The quantitative estimate of drug-likeness (QED) is 0.367. The van der Waals surface area contributed by atoms with E-state index in [0.29, 0.717) is 19.1 Å². The van der Waals surface area contributed by atoms with Gasteiger partial charge >= 0.3 is 5.97 Å². The summed E-state index contributed by atoms with van der Waals surface area (Å²) >= 11 is 0. The van der Waals surface area contributed by atoms with Gasteiger partial charge < -0.3 is 10.1 Å². The van der Waals surface area contributed by atoms with Crippen LogP contribution in [0.25, 0.3) is 0 Å². The first-order valence-corrected chi connectivity index (χ1v) is 5.20. The van der Waals surface area contributed by atoms with Crippen molar-refractivity contribution in [3.8, 4) is 0 Å². The summed E-state index contributed by atoms with van der Waals surface area (Å²) in [5.41, 5.74) is 0. The lowest BCUT2D eigenvalue weighted by atomic mass is 10.1. The molecule has 0 aromatic carbocycles. The van der Waals surface area contributed by atoms with Crippen LogP contribution in [0.15, 0.2) is 12.7 Å². The Morgan fingerprint density at radius 1 is 1.64 bits per heavy atom. The smallest absolute Gasteiger partial charge is 0.330 e. The van der Waals surface area contributed by atoms with E-state index in [2.05, 4.69) is 25.7 Å². The van der Waals surface area contributed by atoms with Crippen molar-refractivity contribution in [1.82, 2.24) is 5.32 Å². The molecule has 0 heterocycles. The topological polar surface area (TPSA) is 38.3 Å². The molecule has 0 rings (SSSR count). The summed E-state index contributed by atoms with van der Waals surface area (Å²) < 4.78 is 4.81. The van der Waals surface area contributed by atoms with Crippen molar-refractivity contribution >= 4 is 5.97 Å². The van der Waals surface area contributed by atoms with Crippen molar-refractivity contribution in [2.45, 2.75) is 26.7 Å². The zero-order valence-electron chi connectivity index (χ0n) is 9.21. The van der Waals surface area contributed by atoms with E-state index in [1.54, 1.807) is 0 Å². The Balaban J connectivity index is 3.20. The highest BCUT2D eigenvalue weighted by atomic mass is 16.5. The number of carbonyl (C=O) groups excluding carboxylic acids is 1. The van der Waals surface area contributed by atoms with E-state index in [9.17, 15) is 4.79 Å². The Bertz CT molecular complexity index is 169. The number of rotatable bonds is 8. The average Bonchev–Trinajstić information content (AvgIpc) is 2.17. The first-order valence-electron chi connectivity index (χ1n) is 5.20. The Morgan fingerprint density at radius 3 is 2.93 bits per heavy atom. The van der Waals surface area contributed by atoms with Gasteiger partial charge in [0.2, 0.25) is 0 Å². The third-order valence-electron chi connectivity index (χ3n) is 1.96. The van der Waals surface area contributed by atoms with Gasteiger partial charge in [-0.1, -0.05) is 26.8 Å². The van der Waals surface area contributed by atoms with Crippen molar-refractivity contribution in [2.75, 3.05) is 19.7 Å². The second-order valence-electron chi connectivity index (χ2n) is 3.47. The molecule has 0 aromatic heterocycles. The molecule has 0 fully saturated rings. The monoisotopic (exact) mass is 199 g/mol. The molecule has 82 valence electrons. The van der Waals surface area contributed by atoms with E-state index < -0.39 is 0 Å². The molecule has 0 aliphatic heterocycles. The molecule has 0 saturated heterocycles. The lowest BCUT2D eigenvalue weighted by molar-refractivity contribution is -0.137. The SMILES string of the molecule is C=CC(=O)OCCNCC(C)CCC. The van der Waals surface area contributed by atoms with Gasteiger partial charge in [0.25, 0.3) is 0 Å². The number of hydrogen-bond donors (Lipinski definition) is 1. The molecular formula is C11H21NO2. The van der Waals surface area contributed by atoms with Crippen molar-refractivity contribution < 1.29 is 9.53 Å². The lowest BCUT2D eigenvalue weighted by Crippen LogP contribution is -2.25. The second kappa shape index (κ2) is 8.75. The molecule has 3 heteroatoms. The molecule has 0 amide bonds. The minimum Gasteiger partial charge on any atom is -0.461 e. The predicted molar refractivity (Wildman–Crippen MR) is 58.1 cm³/mol. The molecule has 0 radical (unpaired) electrons. The molecule has 1 atom stereocenters. The van der Waals surface area contributed by atoms with Crippen molar-refractivity contribution in [1.29, 1.82) is 0 Å². The number of carbonyl (C=O) groups is 1. The van der Waals surface area contributed by atoms with Gasteiger partial charge in [0.05, 0.1) is 0 Å². The minimum atomic E-state index is -0.353. The van der Waals surface area contributed by atoms with Crippen LogP contribution in [0.2, 0.25) is 0 Å². The summed E-state index contributed by atoms with van der Waals surface area (Å²) in [6.07, 6.45) is 3.63. The zero-order chi connectivity index (χ0) is 10.8. The van der Waals surface area contributed by atoms with Gasteiger partial charge in [0.1, 0.15) is 6.61 Å². The fourth-order valence-electron chi connectivity index (χ4n) is 1.23. The molecule has 14 heavy (non-hydrogen) atoms. The molecular weight excluding hydrogens is 178 g/mol. The van der Waals surface area contributed by atoms with E-state index in [1.165, 1.54) is 18.9 Å². The third-order valence-corrected chi connectivity index (χ3v) is 1.96. The van der Waals surface area contributed by atoms with Crippen LogP contribution in [0.3, 0.4) is 0 Å². The Kier molecular flexibility index (Phi) is 8.24. The van der Waals surface area contributed by atoms with E-state index in [-0.39, 0.29) is 5.97 Å². The highest BCUT2D eigenvalue weighted by Gasteiger charge is 1.99.